The van der Waals surface area contributed by atoms with Gasteiger partial charge in [0, 0.05) is 12.7 Å². The summed E-state index contributed by atoms with van der Waals surface area (Å²) < 4.78 is 11.8. The zero-order chi connectivity index (χ0) is 19.4. The number of nitriles is 1. The molecule has 1 N–H and O–H groups in total. The smallest absolute Gasteiger partial charge is 0.407 e. The van der Waals surface area contributed by atoms with E-state index < -0.39 is 18.3 Å². The lowest BCUT2D eigenvalue weighted by Gasteiger charge is -2.27. The maximum atomic E-state index is 11.5. The molecule has 0 aliphatic carbocycles. The number of carbonyl (C=O) groups is 1. The van der Waals surface area contributed by atoms with E-state index >= 15 is 0 Å². The fourth-order valence-corrected chi connectivity index (χ4v) is 3.09. The molecule has 3 rings (SSSR count). The molecule has 1 aliphatic heterocycles. The predicted octanol–water partition coefficient (Wildman–Crippen LogP) is 3.76. The van der Waals surface area contributed by atoms with Crippen LogP contribution in [0.3, 0.4) is 0 Å². The van der Waals surface area contributed by atoms with Gasteiger partial charge in [0.05, 0.1) is 23.2 Å². The maximum Gasteiger partial charge on any atom is 0.407 e. The van der Waals surface area contributed by atoms with Crippen molar-refractivity contribution in [3.63, 3.8) is 0 Å². The largest absolute Gasteiger partial charge is 0.468 e. The quantitative estimate of drug-likeness (QED) is 0.831. The van der Waals surface area contributed by atoms with Crippen LogP contribution < -0.4 is 4.74 Å². The highest BCUT2D eigenvalue weighted by atomic mass is 35.5. The molecule has 0 spiro atoms. The van der Waals surface area contributed by atoms with Gasteiger partial charge < -0.3 is 19.5 Å². The number of amides is 1. The van der Waals surface area contributed by atoms with Crippen molar-refractivity contribution in [2.24, 2.45) is 0 Å². The average molecular weight is 408 g/mol. The fourth-order valence-electron chi connectivity index (χ4n) is 2.79. The molecular formula is C18H15Cl2N3O4. The van der Waals surface area contributed by atoms with Crippen LogP contribution in [-0.4, -0.2) is 46.9 Å². The molecular weight excluding hydrogens is 393 g/mol. The Morgan fingerprint density at radius 1 is 1.37 bits per heavy atom. The van der Waals surface area contributed by atoms with Crippen molar-refractivity contribution in [2.75, 3.05) is 19.7 Å². The molecule has 2 unspecified atom stereocenters. The van der Waals surface area contributed by atoms with Gasteiger partial charge in [0.2, 0.25) is 5.88 Å². The van der Waals surface area contributed by atoms with Gasteiger partial charge in [0.15, 0.2) is 0 Å². The van der Waals surface area contributed by atoms with Gasteiger partial charge in [0.25, 0.3) is 0 Å². The molecule has 1 aromatic carbocycles. The topological polar surface area (TPSA) is 95.7 Å². The molecule has 1 saturated heterocycles. The van der Waals surface area contributed by atoms with Gasteiger partial charge in [-0.3, -0.25) is 0 Å². The van der Waals surface area contributed by atoms with Gasteiger partial charge in [-0.05, 0) is 29.8 Å². The van der Waals surface area contributed by atoms with E-state index in [-0.39, 0.29) is 31.1 Å². The minimum absolute atomic E-state index is 0.0433. The highest BCUT2D eigenvalue weighted by molar-refractivity contribution is 6.42. The number of nitrogens with zero attached hydrogens (tertiary/aromatic N) is 3. The average Bonchev–Trinajstić information content (AvgIpc) is 2.87. The van der Waals surface area contributed by atoms with Gasteiger partial charge in [-0.2, -0.15) is 5.26 Å². The van der Waals surface area contributed by atoms with Crippen LogP contribution in [0.25, 0.3) is 0 Å². The first-order valence-corrected chi connectivity index (χ1v) is 8.81. The number of rotatable bonds is 3. The first kappa shape index (κ1) is 19.2. The summed E-state index contributed by atoms with van der Waals surface area (Å²) in [4.78, 5) is 16.8. The summed E-state index contributed by atoms with van der Waals surface area (Å²) in [6.45, 7) is 0.423. The van der Waals surface area contributed by atoms with Crippen LogP contribution in [0.2, 0.25) is 10.0 Å². The van der Waals surface area contributed by atoms with Crippen molar-refractivity contribution in [1.82, 2.24) is 9.88 Å². The highest BCUT2D eigenvalue weighted by Gasteiger charge is 2.34. The predicted molar refractivity (Wildman–Crippen MR) is 98.1 cm³/mol. The van der Waals surface area contributed by atoms with Gasteiger partial charge in [0.1, 0.15) is 23.8 Å². The third kappa shape index (κ3) is 4.42. The van der Waals surface area contributed by atoms with Crippen LogP contribution in [0.1, 0.15) is 17.2 Å². The minimum atomic E-state index is -1.08. The number of pyridine rings is 1. The lowest BCUT2D eigenvalue weighted by molar-refractivity contribution is -0.0110. The molecule has 140 valence electrons. The van der Waals surface area contributed by atoms with Gasteiger partial charge in [-0.25, -0.2) is 9.78 Å². The van der Waals surface area contributed by atoms with E-state index in [0.29, 0.717) is 15.6 Å². The molecule has 0 radical (unpaired) electrons. The molecule has 1 fully saturated rings. The first-order chi connectivity index (χ1) is 13.0. The van der Waals surface area contributed by atoms with Crippen molar-refractivity contribution in [1.29, 1.82) is 5.26 Å². The summed E-state index contributed by atoms with van der Waals surface area (Å²) in [7, 11) is 0. The summed E-state index contributed by atoms with van der Waals surface area (Å²) in [6.07, 6.45) is -0.930. The lowest BCUT2D eigenvalue weighted by Crippen LogP contribution is -2.40. The Morgan fingerprint density at radius 3 is 2.89 bits per heavy atom. The number of hydrogen-bond donors (Lipinski definition) is 1. The number of halogens is 2. The summed E-state index contributed by atoms with van der Waals surface area (Å²) in [6, 6.07) is 10.2. The van der Waals surface area contributed by atoms with Gasteiger partial charge >= 0.3 is 6.09 Å². The molecule has 2 atom stereocenters. The van der Waals surface area contributed by atoms with E-state index in [1.165, 1.54) is 11.1 Å². The molecule has 7 nitrogen and oxygen atoms in total. The second-order valence-electron chi connectivity index (χ2n) is 5.82. The second-order valence-corrected chi connectivity index (χ2v) is 6.63. The van der Waals surface area contributed by atoms with Crippen molar-refractivity contribution >= 4 is 29.3 Å². The van der Waals surface area contributed by atoms with E-state index in [1.807, 2.05) is 6.07 Å². The Bertz CT molecular complexity index is 887. The summed E-state index contributed by atoms with van der Waals surface area (Å²) in [5, 5.41) is 19.4. The van der Waals surface area contributed by atoms with Gasteiger partial charge in [-0.15, -0.1) is 0 Å². The molecule has 2 aromatic rings. The standard InChI is InChI=1S/C18H15Cl2N3O4/c19-13-4-3-11(8-14(13)20)16-15(10-23(18(24)25)6-7-26-16)27-17-12(9-21)2-1-5-22-17/h1-5,8,15-16H,6-7,10H2,(H,24,25). The Morgan fingerprint density at radius 2 is 2.19 bits per heavy atom. The Kier molecular flexibility index (Phi) is 6.01. The third-order valence-corrected chi connectivity index (χ3v) is 4.83. The maximum absolute atomic E-state index is 11.5. The van der Waals surface area contributed by atoms with Gasteiger partial charge in [-0.1, -0.05) is 29.3 Å². The summed E-state index contributed by atoms with van der Waals surface area (Å²) >= 11 is 12.1. The van der Waals surface area contributed by atoms with E-state index in [2.05, 4.69) is 4.98 Å². The van der Waals surface area contributed by atoms with Crippen LogP contribution in [0, 0.1) is 11.3 Å². The molecule has 27 heavy (non-hydrogen) atoms. The number of benzene rings is 1. The van der Waals surface area contributed by atoms with Crippen LogP contribution >= 0.6 is 23.2 Å². The van der Waals surface area contributed by atoms with Crippen LogP contribution in [-0.2, 0) is 4.74 Å². The molecule has 0 saturated carbocycles. The molecule has 1 aliphatic rings. The van der Waals surface area contributed by atoms with E-state index in [0.717, 1.165) is 0 Å². The Hall–Kier alpha value is -2.53. The number of ether oxygens (including phenoxy) is 2. The molecule has 1 amide bonds. The first-order valence-electron chi connectivity index (χ1n) is 8.06. The second kappa shape index (κ2) is 8.44. The van der Waals surface area contributed by atoms with Crippen LogP contribution in [0.15, 0.2) is 36.5 Å². The minimum Gasteiger partial charge on any atom is -0.468 e. The highest BCUT2D eigenvalue weighted by Crippen LogP contribution is 2.32. The Labute approximate surface area is 165 Å². The molecule has 1 aromatic heterocycles. The fraction of sp³-hybridized carbons (Fsp3) is 0.278. The number of aromatic nitrogens is 1. The summed E-state index contributed by atoms with van der Waals surface area (Å²) in [5.74, 6) is 0.117. The summed E-state index contributed by atoms with van der Waals surface area (Å²) in [5.41, 5.74) is 0.938. The molecule has 2 heterocycles. The third-order valence-electron chi connectivity index (χ3n) is 4.09. The SMILES string of the molecule is N#Cc1cccnc1OC1CN(C(=O)O)CCOC1c1ccc(Cl)c(Cl)c1. The van der Waals surface area contributed by atoms with Crippen molar-refractivity contribution in [3.05, 3.63) is 57.7 Å². The Balaban J connectivity index is 1.96. The number of carboxylic acid groups (broad SMARTS) is 1. The zero-order valence-corrected chi connectivity index (χ0v) is 15.5. The van der Waals surface area contributed by atoms with E-state index in [9.17, 15) is 15.2 Å². The van der Waals surface area contributed by atoms with E-state index in [1.54, 1.807) is 30.3 Å². The molecule has 0 bridgehead atoms. The number of hydrogen-bond acceptors (Lipinski definition) is 5. The van der Waals surface area contributed by atoms with Crippen LogP contribution in [0.5, 0.6) is 5.88 Å². The van der Waals surface area contributed by atoms with Crippen LogP contribution in [0.4, 0.5) is 4.79 Å². The van der Waals surface area contributed by atoms with Crippen molar-refractivity contribution in [2.45, 2.75) is 12.2 Å². The zero-order valence-electron chi connectivity index (χ0n) is 14.0. The van der Waals surface area contributed by atoms with Crippen molar-refractivity contribution in [3.8, 4) is 11.9 Å². The molecule has 9 heteroatoms. The van der Waals surface area contributed by atoms with Crippen molar-refractivity contribution < 1.29 is 19.4 Å². The lowest BCUT2D eigenvalue weighted by atomic mass is 10.0. The normalized spacial score (nSPS) is 19.8. The monoisotopic (exact) mass is 407 g/mol. The van der Waals surface area contributed by atoms with E-state index in [4.69, 9.17) is 32.7 Å².